The third-order valence-electron chi connectivity index (χ3n) is 6.19. The van der Waals surface area contributed by atoms with Crippen LogP contribution in [0.3, 0.4) is 0 Å². The molecule has 1 aliphatic carbocycles. The van der Waals surface area contributed by atoms with Crippen LogP contribution >= 0.6 is 7.29 Å². The van der Waals surface area contributed by atoms with E-state index in [1.807, 2.05) is 0 Å². The van der Waals surface area contributed by atoms with Gasteiger partial charge >= 0.3 is 6.18 Å². The van der Waals surface area contributed by atoms with Gasteiger partial charge in [-0.05, 0) is 59.9 Å². The van der Waals surface area contributed by atoms with Gasteiger partial charge in [0.2, 0.25) is 13.2 Å². The largest absolute Gasteiger partial charge is 0.416 e. The minimum atomic E-state index is -4.48. The molecule has 3 nitrogen and oxygen atoms in total. The molecule has 1 saturated heterocycles. The summed E-state index contributed by atoms with van der Waals surface area (Å²) in [5.74, 6) is -0.471. The van der Waals surface area contributed by atoms with Gasteiger partial charge in [-0.2, -0.15) is 13.2 Å². The number of carbonyl (C=O) groups is 1. The van der Waals surface area contributed by atoms with E-state index in [1.165, 1.54) is 10.7 Å². The van der Waals surface area contributed by atoms with Crippen LogP contribution in [0.5, 0.6) is 0 Å². The van der Waals surface area contributed by atoms with E-state index in [1.54, 1.807) is 60.7 Å². The maximum atomic E-state index is 14.7. The first-order chi connectivity index (χ1) is 14.8. The average molecular weight is 441 g/mol. The normalized spacial score (nSPS) is 20.6. The Morgan fingerprint density at radius 3 is 1.97 bits per heavy atom. The van der Waals surface area contributed by atoms with Crippen LogP contribution in [0.15, 0.2) is 78.9 Å². The first kappa shape index (κ1) is 20.1. The Morgan fingerprint density at radius 2 is 1.42 bits per heavy atom. The Labute approximate surface area is 177 Å². The summed E-state index contributed by atoms with van der Waals surface area (Å²) in [7, 11) is -3.61. The summed E-state index contributed by atoms with van der Waals surface area (Å²) >= 11 is 0. The number of alkyl halides is 3. The van der Waals surface area contributed by atoms with Crippen molar-refractivity contribution in [2.75, 3.05) is 0 Å². The van der Waals surface area contributed by atoms with Gasteiger partial charge in [0, 0.05) is 17.0 Å². The maximum Gasteiger partial charge on any atom is 0.416 e. The number of benzene rings is 3. The molecule has 3 aromatic rings. The van der Waals surface area contributed by atoms with Gasteiger partial charge in [0.1, 0.15) is 0 Å². The second-order valence-corrected chi connectivity index (χ2v) is 10.6. The van der Waals surface area contributed by atoms with Crippen molar-refractivity contribution < 1.29 is 22.5 Å². The number of amides is 1. The zero-order valence-electron chi connectivity index (χ0n) is 16.4. The molecule has 7 heteroatoms. The summed E-state index contributed by atoms with van der Waals surface area (Å²) in [4.78, 5) is 13.2. The van der Waals surface area contributed by atoms with Crippen molar-refractivity contribution in [3.63, 3.8) is 0 Å². The van der Waals surface area contributed by atoms with Gasteiger partial charge in [0.25, 0.3) is 0 Å². The highest BCUT2D eigenvalue weighted by atomic mass is 31.2. The highest BCUT2D eigenvalue weighted by Gasteiger charge is 2.53. The van der Waals surface area contributed by atoms with Crippen LogP contribution in [-0.2, 0) is 22.0 Å². The summed E-state index contributed by atoms with van der Waals surface area (Å²) in [6.07, 6.45) is -3.81. The minimum absolute atomic E-state index is 0.171. The molecule has 2 aliphatic rings. The monoisotopic (exact) mass is 441 g/mol. The van der Waals surface area contributed by atoms with E-state index < -0.39 is 25.1 Å². The zero-order chi connectivity index (χ0) is 21.8. The molecule has 0 radical (unpaired) electrons. The van der Waals surface area contributed by atoms with E-state index in [-0.39, 0.29) is 18.2 Å². The van der Waals surface area contributed by atoms with Crippen LogP contribution in [0.25, 0.3) is 0 Å². The summed E-state index contributed by atoms with van der Waals surface area (Å²) in [5, 5.41) is 0.992. The van der Waals surface area contributed by atoms with Crippen LogP contribution in [0.2, 0.25) is 0 Å². The summed E-state index contributed by atoms with van der Waals surface area (Å²) in [5.41, 5.74) is 0.492. The van der Waals surface area contributed by atoms with E-state index in [9.17, 15) is 22.5 Å². The lowest BCUT2D eigenvalue weighted by molar-refractivity contribution is -0.137. The number of rotatable bonds is 3. The van der Waals surface area contributed by atoms with Gasteiger partial charge in [-0.15, -0.1) is 0 Å². The molecule has 0 unspecified atom stereocenters. The topological polar surface area (TPSA) is 37.4 Å². The molecule has 158 valence electrons. The number of fused-ring (bicyclic) bond motifs is 3. The van der Waals surface area contributed by atoms with Crippen molar-refractivity contribution in [3.05, 3.63) is 95.6 Å². The van der Waals surface area contributed by atoms with E-state index in [0.717, 1.165) is 17.7 Å². The van der Waals surface area contributed by atoms with Crippen molar-refractivity contribution in [1.29, 1.82) is 0 Å². The van der Waals surface area contributed by atoms with E-state index in [4.69, 9.17) is 0 Å². The van der Waals surface area contributed by atoms with Gasteiger partial charge in [0.15, 0.2) is 0 Å². The molecule has 5 rings (SSSR count). The lowest BCUT2D eigenvalue weighted by Gasteiger charge is -2.34. The molecule has 3 aromatic carbocycles. The quantitative estimate of drug-likeness (QED) is 0.532. The Bertz CT molecular complexity index is 1150. The third kappa shape index (κ3) is 3.12. The lowest BCUT2D eigenvalue weighted by Crippen LogP contribution is -2.35. The predicted octanol–water partition coefficient (Wildman–Crippen LogP) is 5.08. The molecule has 0 N–H and O–H groups in total. The van der Waals surface area contributed by atoms with Crippen molar-refractivity contribution >= 4 is 23.8 Å². The fourth-order valence-electron chi connectivity index (χ4n) is 4.86. The number of carbonyl (C=O) groups excluding carboxylic acids is 1. The predicted molar refractivity (Wildman–Crippen MR) is 113 cm³/mol. The highest BCUT2D eigenvalue weighted by molar-refractivity contribution is 7.77. The molecule has 31 heavy (non-hydrogen) atoms. The molecule has 1 aliphatic heterocycles. The molecular weight excluding hydrogens is 422 g/mol. The smallest absolute Gasteiger partial charge is 0.290 e. The molecular formula is C24H19F3NO2P. The second-order valence-electron chi connectivity index (χ2n) is 8.01. The average Bonchev–Trinajstić information content (AvgIpc) is 3.27. The van der Waals surface area contributed by atoms with Crippen LogP contribution < -0.4 is 10.6 Å². The van der Waals surface area contributed by atoms with Crippen molar-refractivity contribution in [1.82, 2.24) is 4.67 Å². The summed E-state index contributed by atoms with van der Waals surface area (Å²) < 4.78 is 56.4. The van der Waals surface area contributed by atoms with Crippen molar-refractivity contribution in [2.45, 2.75) is 25.1 Å². The molecule has 1 fully saturated rings. The van der Waals surface area contributed by atoms with Crippen LogP contribution in [0.1, 0.15) is 29.2 Å². The first-order valence-corrected chi connectivity index (χ1v) is 11.7. The third-order valence-corrected chi connectivity index (χ3v) is 9.27. The minimum Gasteiger partial charge on any atom is -0.290 e. The SMILES string of the molecule is O=C1C[C@H]2Cc3ccc(C(F)(F)F)cc3[C@H]2N1P(=O)(c1ccccc1)c1ccccc1. The summed E-state index contributed by atoms with van der Waals surface area (Å²) in [6.45, 7) is 0. The van der Waals surface area contributed by atoms with Crippen molar-refractivity contribution in [3.8, 4) is 0 Å². The Morgan fingerprint density at radius 1 is 0.839 bits per heavy atom. The number of nitrogens with zero attached hydrogens (tertiary/aromatic N) is 1. The molecule has 0 spiro atoms. The van der Waals surface area contributed by atoms with Crippen LogP contribution in [-0.4, -0.2) is 10.6 Å². The second kappa shape index (κ2) is 7.10. The van der Waals surface area contributed by atoms with Gasteiger partial charge in [-0.1, -0.05) is 42.5 Å². The number of halogens is 3. The Balaban J connectivity index is 1.71. The van der Waals surface area contributed by atoms with E-state index >= 15 is 0 Å². The van der Waals surface area contributed by atoms with Crippen molar-refractivity contribution in [2.24, 2.45) is 5.92 Å². The number of hydrogen-bond acceptors (Lipinski definition) is 2. The highest BCUT2D eigenvalue weighted by Crippen LogP contribution is 2.61. The van der Waals surface area contributed by atoms with Crippen LogP contribution in [0.4, 0.5) is 13.2 Å². The van der Waals surface area contributed by atoms with E-state index in [0.29, 0.717) is 22.6 Å². The number of hydrogen-bond donors (Lipinski definition) is 0. The zero-order valence-corrected chi connectivity index (χ0v) is 17.3. The molecule has 0 aromatic heterocycles. The first-order valence-electron chi connectivity index (χ1n) is 10.0. The molecule has 0 saturated carbocycles. The molecule has 2 atom stereocenters. The summed E-state index contributed by atoms with van der Waals surface area (Å²) in [6, 6.07) is 20.6. The molecule has 1 heterocycles. The van der Waals surface area contributed by atoms with Gasteiger partial charge in [-0.25, -0.2) is 0 Å². The van der Waals surface area contributed by atoms with Gasteiger partial charge in [-0.3, -0.25) is 14.0 Å². The van der Waals surface area contributed by atoms with Gasteiger partial charge in [0.05, 0.1) is 11.6 Å². The van der Waals surface area contributed by atoms with Gasteiger partial charge < -0.3 is 0 Å². The standard InChI is InChI=1S/C24H19F3NO2P/c25-24(26,27)18-12-11-16-13-17-14-22(29)28(23(17)21(16)15-18)31(30,19-7-3-1-4-8-19)20-9-5-2-6-10-20/h1-12,15,17,23H,13-14H2/t17-,23+/m1/s1. The lowest BCUT2D eigenvalue weighted by atomic mass is 10.0. The maximum absolute atomic E-state index is 14.7. The fraction of sp³-hybridized carbons (Fsp3) is 0.208. The fourth-order valence-corrected chi connectivity index (χ4v) is 7.87. The Kier molecular flexibility index (Phi) is 4.60. The van der Waals surface area contributed by atoms with E-state index in [2.05, 4.69) is 0 Å². The Hall–Kier alpha value is -2.85. The molecule has 1 amide bonds. The molecule has 0 bridgehead atoms. The van der Waals surface area contributed by atoms with Crippen LogP contribution in [0, 0.1) is 5.92 Å².